The van der Waals surface area contributed by atoms with E-state index >= 15 is 0 Å². The number of aliphatic hydroxyl groups is 2. The van der Waals surface area contributed by atoms with E-state index in [0.29, 0.717) is 48.3 Å². The number of oxime groups is 1. The molecule has 282 valence electrons. The third-order valence-corrected chi connectivity index (χ3v) is 11.4. The first kappa shape index (κ1) is 38.1. The molecule has 1 aliphatic carbocycles. The summed E-state index contributed by atoms with van der Waals surface area (Å²) in [6, 6.07) is 9.00. The number of fused-ring (bicyclic) bond motifs is 2. The number of rotatable bonds is 5. The highest BCUT2D eigenvalue weighted by Crippen LogP contribution is 2.47. The molecule has 0 saturated carbocycles. The van der Waals surface area contributed by atoms with E-state index in [4.69, 9.17) is 28.5 Å². The molecular formula is C41H53NO10. The predicted molar refractivity (Wildman–Crippen MR) is 193 cm³/mol. The van der Waals surface area contributed by atoms with Crippen LogP contribution in [0, 0.1) is 17.8 Å². The molecule has 0 amide bonds. The monoisotopic (exact) mass is 719 g/mol. The maximum Gasteiger partial charge on any atom is 0.361 e. The van der Waals surface area contributed by atoms with Crippen molar-refractivity contribution in [3.05, 3.63) is 83.0 Å². The topological polar surface area (TPSA) is 142 Å². The first-order valence-electron chi connectivity index (χ1n) is 18.6. The molecule has 3 fully saturated rings. The molecule has 4 aliphatic heterocycles. The molecule has 2 N–H and O–H groups in total. The maximum atomic E-state index is 14.1. The SMILES string of the molecule is CC[C@H]1O[C@]2(CC[C@@H]1C)C[C@@H]1C[C@@H](C/C=C(\C)[C@H](OC(=O)/C(=N\OC)c3ccccc3)[C@@H](C)/C=C/C=C3\COC4[C@H](O)C(C)=C[C@@H](C(=O)O1)[C@]34O)O2. The zero-order valence-electron chi connectivity index (χ0n) is 31.0. The van der Waals surface area contributed by atoms with Crippen LogP contribution in [0.5, 0.6) is 0 Å². The quantitative estimate of drug-likeness (QED) is 0.174. The van der Waals surface area contributed by atoms with Gasteiger partial charge in [0.15, 0.2) is 11.5 Å². The number of hydrogen-bond acceptors (Lipinski definition) is 11. The van der Waals surface area contributed by atoms with Gasteiger partial charge >= 0.3 is 11.9 Å². The number of esters is 2. The summed E-state index contributed by atoms with van der Waals surface area (Å²) in [6.07, 6.45) is 8.81. The van der Waals surface area contributed by atoms with E-state index in [2.05, 4.69) is 19.0 Å². The molecule has 2 bridgehead atoms. The Morgan fingerprint density at radius 1 is 1.10 bits per heavy atom. The van der Waals surface area contributed by atoms with Gasteiger partial charge in [0.25, 0.3) is 0 Å². The normalized spacial score (nSPS) is 41.0. The molecule has 0 radical (unpaired) electrons. The maximum absolute atomic E-state index is 14.1. The van der Waals surface area contributed by atoms with E-state index in [1.54, 1.807) is 37.3 Å². The van der Waals surface area contributed by atoms with E-state index in [-0.39, 0.29) is 30.4 Å². The van der Waals surface area contributed by atoms with E-state index in [1.807, 2.05) is 44.2 Å². The van der Waals surface area contributed by atoms with Crippen LogP contribution in [-0.4, -0.2) is 89.6 Å². The summed E-state index contributed by atoms with van der Waals surface area (Å²) < 4.78 is 32.0. The Kier molecular flexibility index (Phi) is 11.6. The number of hydrogen-bond donors (Lipinski definition) is 2. The number of nitrogens with zero attached hydrogens (tertiary/aromatic N) is 1. The average Bonchev–Trinajstić information content (AvgIpc) is 3.47. The summed E-state index contributed by atoms with van der Waals surface area (Å²) in [4.78, 5) is 32.9. The highest BCUT2D eigenvalue weighted by atomic mass is 16.7. The first-order chi connectivity index (χ1) is 24.9. The van der Waals surface area contributed by atoms with Gasteiger partial charge in [-0.2, -0.15) is 0 Å². The molecule has 1 spiro atoms. The molecule has 52 heavy (non-hydrogen) atoms. The lowest BCUT2D eigenvalue weighted by Gasteiger charge is -2.50. The molecular weight excluding hydrogens is 666 g/mol. The first-order valence-corrected chi connectivity index (χ1v) is 18.6. The summed E-state index contributed by atoms with van der Waals surface area (Å²) in [6.45, 7) is 9.88. The molecule has 1 aromatic rings. The van der Waals surface area contributed by atoms with Crippen LogP contribution >= 0.6 is 0 Å². The van der Waals surface area contributed by atoms with Gasteiger partial charge in [-0.15, -0.1) is 0 Å². The second kappa shape index (κ2) is 15.8. The summed E-state index contributed by atoms with van der Waals surface area (Å²) in [5, 5.41) is 27.4. The van der Waals surface area contributed by atoms with Crippen LogP contribution in [0.3, 0.4) is 0 Å². The molecule has 3 saturated heterocycles. The minimum Gasteiger partial charge on any atom is -0.462 e. The van der Waals surface area contributed by atoms with Crippen LogP contribution in [0.25, 0.3) is 0 Å². The van der Waals surface area contributed by atoms with Crippen molar-refractivity contribution in [3.8, 4) is 0 Å². The van der Waals surface area contributed by atoms with E-state index in [1.165, 1.54) is 7.11 Å². The fraction of sp³-hybridized carbons (Fsp3) is 0.585. The highest BCUT2D eigenvalue weighted by Gasteiger charge is 2.60. The van der Waals surface area contributed by atoms with Gasteiger partial charge in [0, 0.05) is 30.7 Å². The Morgan fingerprint density at radius 3 is 2.60 bits per heavy atom. The molecule has 1 unspecified atom stereocenters. The molecule has 6 rings (SSSR count). The molecule has 5 aliphatic rings. The number of allylic oxidation sites excluding steroid dienone is 2. The van der Waals surface area contributed by atoms with Crippen molar-refractivity contribution in [3.63, 3.8) is 0 Å². The van der Waals surface area contributed by atoms with Gasteiger partial charge < -0.3 is 38.7 Å². The highest BCUT2D eigenvalue weighted by molar-refractivity contribution is 6.43. The minimum atomic E-state index is -1.84. The third-order valence-electron chi connectivity index (χ3n) is 11.4. The lowest BCUT2D eigenvalue weighted by molar-refractivity contribution is -0.335. The van der Waals surface area contributed by atoms with E-state index < -0.39 is 53.7 Å². The van der Waals surface area contributed by atoms with Crippen molar-refractivity contribution in [2.24, 2.45) is 22.9 Å². The molecule has 1 aromatic carbocycles. The van der Waals surface area contributed by atoms with Gasteiger partial charge in [-0.3, -0.25) is 4.79 Å². The smallest absolute Gasteiger partial charge is 0.361 e. The standard InChI is InChI=1S/C41H53NO10/c1-7-33-24(2)18-19-40(52-33)22-31-21-30(51-40)17-16-26(4)36(50-39(45)34(42-47-6)28-13-9-8-10-14-28)25(3)12-11-15-29-23-48-37-35(43)27(5)20-32(38(44)49-31)41(29,37)46/h8-16,20,24-25,30-33,35-37,43,46H,7,17-19,21-23H2,1-6H3/b12-11+,26-16+,29-15+,42-34-/t24-,25-,30+,31-,32-,33+,35+,36+,37?,40+,41+/m0/s1. The molecule has 11 nitrogen and oxygen atoms in total. The summed E-state index contributed by atoms with van der Waals surface area (Å²) in [5.41, 5.74) is 0.535. The van der Waals surface area contributed by atoms with Crippen LogP contribution in [0.15, 0.2) is 82.6 Å². The summed E-state index contributed by atoms with van der Waals surface area (Å²) in [5.74, 6) is -3.24. The lowest BCUT2D eigenvalue weighted by atomic mass is 9.71. The van der Waals surface area contributed by atoms with Crippen LogP contribution in [0.2, 0.25) is 0 Å². The van der Waals surface area contributed by atoms with Crippen molar-refractivity contribution in [1.82, 2.24) is 0 Å². The number of benzene rings is 1. The average molecular weight is 720 g/mol. The van der Waals surface area contributed by atoms with E-state index in [0.717, 1.165) is 18.4 Å². The van der Waals surface area contributed by atoms with Crippen LogP contribution in [0.1, 0.15) is 78.7 Å². The Labute approximate surface area is 306 Å². The van der Waals surface area contributed by atoms with Gasteiger partial charge in [-0.05, 0) is 55.7 Å². The molecule has 4 heterocycles. The van der Waals surface area contributed by atoms with Crippen molar-refractivity contribution in [1.29, 1.82) is 0 Å². The Bertz CT molecular complexity index is 1630. The summed E-state index contributed by atoms with van der Waals surface area (Å²) >= 11 is 0. The molecule has 11 atom stereocenters. The molecule has 11 heteroatoms. The summed E-state index contributed by atoms with van der Waals surface area (Å²) in [7, 11) is 1.38. The lowest BCUT2D eigenvalue weighted by Crippen LogP contribution is -2.58. The zero-order chi connectivity index (χ0) is 37.2. The number of carbonyl (C=O) groups excluding carboxylic acids is 2. The number of aliphatic hydroxyl groups excluding tert-OH is 1. The van der Waals surface area contributed by atoms with Gasteiger partial charge in [-0.25, -0.2) is 4.79 Å². The van der Waals surface area contributed by atoms with Gasteiger partial charge in [-0.1, -0.05) is 86.6 Å². The van der Waals surface area contributed by atoms with Crippen LogP contribution in [-0.2, 0) is 38.1 Å². The van der Waals surface area contributed by atoms with Crippen molar-refractivity contribution in [2.75, 3.05) is 13.7 Å². The van der Waals surface area contributed by atoms with Crippen molar-refractivity contribution >= 4 is 17.7 Å². The number of carbonyl (C=O) groups is 2. The minimum absolute atomic E-state index is 0.00166. The Hall–Kier alpha value is -3.61. The fourth-order valence-corrected chi connectivity index (χ4v) is 8.43. The van der Waals surface area contributed by atoms with Gasteiger partial charge in [0.2, 0.25) is 0 Å². The van der Waals surface area contributed by atoms with Crippen LogP contribution in [0.4, 0.5) is 0 Å². The molecule has 0 aromatic heterocycles. The van der Waals surface area contributed by atoms with E-state index in [9.17, 15) is 19.8 Å². The zero-order valence-corrected chi connectivity index (χ0v) is 31.0. The van der Waals surface area contributed by atoms with Crippen molar-refractivity contribution in [2.45, 2.75) is 121 Å². The Balaban J connectivity index is 1.39. The predicted octanol–water partition coefficient (Wildman–Crippen LogP) is 5.50. The largest absolute Gasteiger partial charge is 0.462 e. The second-order valence-electron chi connectivity index (χ2n) is 15.1. The van der Waals surface area contributed by atoms with Crippen molar-refractivity contribution < 1.29 is 48.3 Å². The van der Waals surface area contributed by atoms with Crippen LogP contribution < -0.4 is 0 Å². The van der Waals surface area contributed by atoms with Gasteiger partial charge in [0.05, 0.1) is 18.8 Å². The fourth-order valence-electron chi connectivity index (χ4n) is 8.43. The Morgan fingerprint density at radius 2 is 1.87 bits per heavy atom. The number of ether oxygens (including phenoxy) is 5. The second-order valence-corrected chi connectivity index (χ2v) is 15.1. The third kappa shape index (κ3) is 7.57. The van der Waals surface area contributed by atoms with Gasteiger partial charge in [0.1, 0.15) is 43.0 Å².